The van der Waals surface area contributed by atoms with Gasteiger partial charge in [-0.05, 0) is 32.4 Å². The van der Waals surface area contributed by atoms with Gasteiger partial charge in [-0.15, -0.1) is 0 Å². The Labute approximate surface area is 183 Å². The number of H-pyrrole nitrogens is 1. The van der Waals surface area contributed by atoms with Crippen LogP contribution in [-0.2, 0) is 11.0 Å². The molecular formula is C22H23F3N6O. The van der Waals surface area contributed by atoms with Gasteiger partial charge in [0.05, 0.1) is 29.2 Å². The lowest BCUT2D eigenvalue weighted by atomic mass is 10.0. The molecule has 0 radical (unpaired) electrons. The Morgan fingerprint density at radius 1 is 1.16 bits per heavy atom. The maximum Gasteiger partial charge on any atom is 0.416 e. The van der Waals surface area contributed by atoms with Crippen LogP contribution in [0.2, 0.25) is 0 Å². The predicted molar refractivity (Wildman–Crippen MR) is 115 cm³/mol. The van der Waals surface area contributed by atoms with Crippen molar-refractivity contribution in [3.05, 3.63) is 42.2 Å². The number of anilines is 2. The highest BCUT2D eigenvalue weighted by molar-refractivity contribution is 6.04. The van der Waals surface area contributed by atoms with Crippen LogP contribution in [0.25, 0.3) is 22.6 Å². The molecule has 0 saturated heterocycles. The smallest absolute Gasteiger partial charge is 0.340 e. The number of amides is 1. The zero-order chi connectivity index (χ0) is 23.2. The fraction of sp³-hybridized carbons (Fsp3) is 0.364. The fourth-order valence-electron chi connectivity index (χ4n) is 4.01. The SMILES string of the molecule is CC[C@@H]1C(=O)N(C)c2cnc(-c3cn[nH]c3-c3ccc(C(F)(F)F)cc3)nc2N1C(C)C. The van der Waals surface area contributed by atoms with Gasteiger partial charge in [0.25, 0.3) is 0 Å². The number of likely N-dealkylation sites (N-methyl/N-ethyl adjacent to an activating group) is 1. The highest BCUT2D eigenvalue weighted by Gasteiger charge is 2.38. The molecular weight excluding hydrogens is 421 g/mol. The van der Waals surface area contributed by atoms with E-state index in [0.717, 1.165) is 12.1 Å². The van der Waals surface area contributed by atoms with Gasteiger partial charge < -0.3 is 9.80 Å². The van der Waals surface area contributed by atoms with Crippen molar-refractivity contribution in [2.24, 2.45) is 0 Å². The largest absolute Gasteiger partial charge is 0.416 e. The van der Waals surface area contributed by atoms with Crippen molar-refractivity contribution in [1.29, 1.82) is 0 Å². The molecule has 0 fully saturated rings. The summed E-state index contributed by atoms with van der Waals surface area (Å²) in [6, 6.07) is 4.52. The summed E-state index contributed by atoms with van der Waals surface area (Å²) in [4.78, 5) is 25.6. The summed E-state index contributed by atoms with van der Waals surface area (Å²) in [5.41, 5.74) is 1.49. The van der Waals surface area contributed by atoms with Gasteiger partial charge in [0.1, 0.15) is 11.7 Å². The van der Waals surface area contributed by atoms with Crippen LogP contribution in [0.15, 0.2) is 36.7 Å². The minimum atomic E-state index is -4.41. The molecule has 1 aliphatic rings. The Balaban J connectivity index is 1.79. The summed E-state index contributed by atoms with van der Waals surface area (Å²) < 4.78 is 38.7. The molecule has 32 heavy (non-hydrogen) atoms. The predicted octanol–water partition coefficient (Wildman–Crippen LogP) is 4.52. The molecule has 168 valence electrons. The van der Waals surface area contributed by atoms with Crippen molar-refractivity contribution in [3.8, 4) is 22.6 Å². The zero-order valence-corrected chi connectivity index (χ0v) is 18.1. The first-order valence-corrected chi connectivity index (χ1v) is 10.3. The number of nitrogens with one attached hydrogen (secondary N) is 1. The van der Waals surface area contributed by atoms with E-state index in [1.54, 1.807) is 24.3 Å². The van der Waals surface area contributed by atoms with Gasteiger partial charge in [0.2, 0.25) is 5.91 Å². The first kappa shape index (κ1) is 21.8. The Bertz CT molecular complexity index is 1140. The van der Waals surface area contributed by atoms with E-state index in [4.69, 9.17) is 4.98 Å². The first-order valence-electron chi connectivity index (χ1n) is 10.3. The molecule has 1 N–H and O–H groups in total. The van der Waals surface area contributed by atoms with Crippen LogP contribution in [0.4, 0.5) is 24.7 Å². The molecule has 1 amide bonds. The van der Waals surface area contributed by atoms with Gasteiger partial charge in [-0.2, -0.15) is 18.3 Å². The van der Waals surface area contributed by atoms with E-state index in [-0.39, 0.29) is 18.0 Å². The number of alkyl halides is 3. The van der Waals surface area contributed by atoms with Crippen LogP contribution in [0, 0.1) is 0 Å². The Morgan fingerprint density at radius 3 is 2.44 bits per heavy atom. The van der Waals surface area contributed by atoms with Crippen LogP contribution in [0.3, 0.4) is 0 Å². The lowest BCUT2D eigenvalue weighted by molar-refractivity contribution is -0.137. The van der Waals surface area contributed by atoms with E-state index >= 15 is 0 Å². The number of aromatic amines is 1. The number of hydrogen-bond acceptors (Lipinski definition) is 5. The second-order valence-electron chi connectivity index (χ2n) is 7.96. The highest BCUT2D eigenvalue weighted by Crippen LogP contribution is 2.38. The van der Waals surface area contributed by atoms with Crippen LogP contribution in [0.1, 0.15) is 32.8 Å². The number of benzene rings is 1. The Kier molecular flexibility index (Phi) is 5.39. The van der Waals surface area contributed by atoms with Crippen molar-refractivity contribution in [2.75, 3.05) is 16.8 Å². The lowest BCUT2D eigenvalue weighted by Gasteiger charge is -2.42. The van der Waals surface area contributed by atoms with Crippen molar-refractivity contribution in [3.63, 3.8) is 0 Å². The van der Waals surface area contributed by atoms with Crippen LogP contribution < -0.4 is 9.80 Å². The number of carbonyl (C=O) groups excluding carboxylic acids is 1. The number of aromatic nitrogens is 4. The molecule has 1 aliphatic heterocycles. The van der Waals surface area contributed by atoms with E-state index < -0.39 is 11.7 Å². The van der Waals surface area contributed by atoms with E-state index in [2.05, 4.69) is 15.2 Å². The summed E-state index contributed by atoms with van der Waals surface area (Å²) >= 11 is 0. The summed E-state index contributed by atoms with van der Waals surface area (Å²) in [7, 11) is 1.70. The van der Waals surface area contributed by atoms with Gasteiger partial charge in [0, 0.05) is 18.7 Å². The molecule has 3 aromatic rings. The molecule has 1 atom stereocenters. The van der Waals surface area contributed by atoms with Gasteiger partial charge in [-0.1, -0.05) is 19.1 Å². The molecule has 0 unspecified atom stereocenters. The molecule has 0 spiro atoms. The van der Waals surface area contributed by atoms with E-state index in [1.165, 1.54) is 12.1 Å². The second-order valence-corrected chi connectivity index (χ2v) is 7.96. The van der Waals surface area contributed by atoms with Gasteiger partial charge in [0.15, 0.2) is 11.6 Å². The van der Waals surface area contributed by atoms with Crippen LogP contribution >= 0.6 is 0 Å². The molecule has 0 saturated carbocycles. The average Bonchev–Trinajstić information content (AvgIpc) is 3.24. The fourth-order valence-corrected chi connectivity index (χ4v) is 4.01. The third kappa shape index (κ3) is 3.59. The standard InChI is InChI=1S/C22H23F3N6O/c1-5-16-21(32)30(4)17-11-26-19(28-20(17)31(16)12(2)3)15-10-27-29-18(15)13-6-8-14(9-7-13)22(23,24)25/h6-12,16H,5H2,1-4H3,(H,27,29)/t16-/m1/s1. The zero-order valence-electron chi connectivity index (χ0n) is 18.1. The Morgan fingerprint density at radius 2 is 1.84 bits per heavy atom. The van der Waals surface area contributed by atoms with Gasteiger partial charge >= 0.3 is 6.18 Å². The van der Waals surface area contributed by atoms with Crippen molar-refractivity contribution >= 4 is 17.4 Å². The maximum atomic E-state index is 12.9. The van der Waals surface area contributed by atoms with Crippen molar-refractivity contribution in [2.45, 2.75) is 45.5 Å². The number of carbonyl (C=O) groups is 1. The maximum absolute atomic E-state index is 12.9. The number of hydrogen-bond donors (Lipinski definition) is 1. The summed E-state index contributed by atoms with van der Waals surface area (Å²) in [5, 5.41) is 6.90. The third-order valence-corrected chi connectivity index (χ3v) is 5.63. The average molecular weight is 444 g/mol. The van der Waals surface area contributed by atoms with Gasteiger partial charge in [-0.3, -0.25) is 9.89 Å². The third-order valence-electron chi connectivity index (χ3n) is 5.63. The molecule has 0 aliphatic carbocycles. The normalized spacial score (nSPS) is 16.6. The van der Waals surface area contributed by atoms with Gasteiger partial charge in [-0.25, -0.2) is 9.97 Å². The molecule has 1 aromatic carbocycles. The monoisotopic (exact) mass is 444 g/mol. The van der Waals surface area contributed by atoms with Crippen molar-refractivity contribution < 1.29 is 18.0 Å². The first-order chi connectivity index (χ1) is 15.1. The van der Waals surface area contributed by atoms with Crippen molar-refractivity contribution in [1.82, 2.24) is 20.2 Å². The number of fused-ring (bicyclic) bond motifs is 1. The summed E-state index contributed by atoms with van der Waals surface area (Å²) in [6.07, 6.45) is -0.636. The number of rotatable bonds is 4. The molecule has 7 nitrogen and oxygen atoms in total. The Hall–Kier alpha value is -3.43. The molecule has 10 heteroatoms. The van der Waals surface area contributed by atoms with E-state index in [1.807, 2.05) is 25.7 Å². The minimum absolute atomic E-state index is 0.0150. The minimum Gasteiger partial charge on any atom is -0.340 e. The van der Waals surface area contributed by atoms with E-state index in [0.29, 0.717) is 40.6 Å². The van der Waals surface area contributed by atoms with Crippen LogP contribution in [0.5, 0.6) is 0 Å². The second kappa shape index (κ2) is 7.92. The summed E-state index contributed by atoms with van der Waals surface area (Å²) in [5.74, 6) is 0.993. The molecule has 3 heterocycles. The molecule has 2 aromatic heterocycles. The number of nitrogens with zero attached hydrogens (tertiary/aromatic N) is 5. The molecule has 4 rings (SSSR count). The topological polar surface area (TPSA) is 78.0 Å². The van der Waals surface area contributed by atoms with Crippen LogP contribution in [-0.4, -0.2) is 45.2 Å². The molecule has 0 bridgehead atoms. The van der Waals surface area contributed by atoms with E-state index in [9.17, 15) is 18.0 Å². The highest BCUT2D eigenvalue weighted by atomic mass is 19.4. The summed E-state index contributed by atoms with van der Waals surface area (Å²) in [6.45, 7) is 5.95. The number of halogens is 3. The quantitative estimate of drug-likeness (QED) is 0.640. The lowest BCUT2D eigenvalue weighted by Crippen LogP contribution is -2.54.